The summed E-state index contributed by atoms with van der Waals surface area (Å²) in [4.78, 5) is 6.92. The monoisotopic (exact) mass is 347 g/mol. The zero-order chi connectivity index (χ0) is 18.1. The highest BCUT2D eigenvalue weighted by molar-refractivity contribution is 5.79. The molecule has 2 heterocycles. The molecule has 6 heteroatoms. The summed E-state index contributed by atoms with van der Waals surface area (Å²) in [6.07, 6.45) is 0.642. The van der Waals surface area contributed by atoms with Crippen LogP contribution < -0.4 is 10.6 Å². The SMILES string of the molecule is N#Cc1ccc(Cn2c(N3CC[C@](O)(CN)C3)nc3ccccc32)cc1. The van der Waals surface area contributed by atoms with E-state index in [1.807, 2.05) is 42.5 Å². The van der Waals surface area contributed by atoms with E-state index in [0.29, 0.717) is 25.1 Å². The molecule has 6 nitrogen and oxygen atoms in total. The third-order valence-electron chi connectivity index (χ3n) is 5.05. The molecule has 1 aliphatic heterocycles. The fourth-order valence-electron chi connectivity index (χ4n) is 3.52. The summed E-state index contributed by atoms with van der Waals surface area (Å²) in [5, 5.41) is 19.5. The molecule has 0 spiro atoms. The van der Waals surface area contributed by atoms with Gasteiger partial charge < -0.3 is 20.3 Å². The highest BCUT2D eigenvalue weighted by Gasteiger charge is 2.36. The molecule has 0 radical (unpaired) electrons. The topological polar surface area (TPSA) is 91.1 Å². The zero-order valence-electron chi connectivity index (χ0n) is 14.5. The molecule has 26 heavy (non-hydrogen) atoms. The number of nitriles is 1. The highest BCUT2D eigenvalue weighted by Crippen LogP contribution is 2.29. The van der Waals surface area contributed by atoms with Crippen LogP contribution in [0.1, 0.15) is 17.5 Å². The number of fused-ring (bicyclic) bond motifs is 1. The molecule has 1 aliphatic rings. The quantitative estimate of drug-likeness (QED) is 0.752. The Bertz CT molecular complexity index is 972. The van der Waals surface area contributed by atoms with Crippen molar-refractivity contribution >= 4 is 17.0 Å². The van der Waals surface area contributed by atoms with Gasteiger partial charge in [-0.1, -0.05) is 24.3 Å². The summed E-state index contributed by atoms with van der Waals surface area (Å²) in [6.45, 7) is 2.11. The number of aliphatic hydroxyl groups is 1. The molecule has 1 saturated heterocycles. The van der Waals surface area contributed by atoms with Crippen molar-refractivity contribution in [3.05, 3.63) is 59.7 Å². The summed E-state index contributed by atoms with van der Waals surface area (Å²) in [5.74, 6) is 0.847. The lowest BCUT2D eigenvalue weighted by Crippen LogP contribution is -2.41. The maximum atomic E-state index is 10.5. The molecule has 0 amide bonds. The van der Waals surface area contributed by atoms with Crippen molar-refractivity contribution in [3.8, 4) is 6.07 Å². The van der Waals surface area contributed by atoms with Crippen molar-refractivity contribution < 1.29 is 5.11 Å². The molecule has 1 atom stereocenters. The van der Waals surface area contributed by atoms with E-state index in [1.54, 1.807) is 0 Å². The Balaban J connectivity index is 1.73. The van der Waals surface area contributed by atoms with Gasteiger partial charge in [0.05, 0.1) is 41.4 Å². The second kappa shape index (κ2) is 6.45. The van der Waals surface area contributed by atoms with Crippen LogP contribution in [-0.4, -0.2) is 39.9 Å². The molecule has 0 bridgehead atoms. The van der Waals surface area contributed by atoms with Crippen LogP contribution in [0.3, 0.4) is 0 Å². The highest BCUT2D eigenvalue weighted by atomic mass is 16.3. The summed E-state index contributed by atoms with van der Waals surface area (Å²) in [7, 11) is 0. The van der Waals surface area contributed by atoms with E-state index in [9.17, 15) is 5.11 Å². The molecular weight excluding hydrogens is 326 g/mol. The minimum Gasteiger partial charge on any atom is -0.387 e. The number of β-amino-alcohol motifs (C(OH)–C–C–N with tert-alkyl or cyclic N) is 1. The van der Waals surface area contributed by atoms with Crippen LogP contribution in [0.4, 0.5) is 5.95 Å². The number of rotatable bonds is 4. The predicted octanol–water partition coefficient (Wildman–Crippen LogP) is 1.86. The fourth-order valence-corrected chi connectivity index (χ4v) is 3.52. The van der Waals surface area contributed by atoms with Crippen LogP contribution in [-0.2, 0) is 6.54 Å². The van der Waals surface area contributed by atoms with Crippen molar-refractivity contribution in [2.24, 2.45) is 5.73 Å². The molecule has 4 rings (SSSR count). The van der Waals surface area contributed by atoms with E-state index in [2.05, 4.69) is 21.6 Å². The Kier molecular flexibility index (Phi) is 4.11. The smallest absolute Gasteiger partial charge is 0.206 e. The molecule has 1 aromatic heterocycles. The van der Waals surface area contributed by atoms with Crippen LogP contribution in [0.25, 0.3) is 11.0 Å². The van der Waals surface area contributed by atoms with E-state index in [0.717, 1.165) is 29.1 Å². The third kappa shape index (κ3) is 2.92. The maximum Gasteiger partial charge on any atom is 0.206 e. The van der Waals surface area contributed by atoms with Gasteiger partial charge in [0.15, 0.2) is 0 Å². The van der Waals surface area contributed by atoms with Crippen LogP contribution in [0.2, 0.25) is 0 Å². The number of nitrogens with zero attached hydrogens (tertiary/aromatic N) is 4. The summed E-state index contributed by atoms with van der Waals surface area (Å²) in [6, 6.07) is 17.8. The predicted molar refractivity (Wildman–Crippen MR) is 101 cm³/mol. The van der Waals surface area contributed by atoms with E-state index < -0.39 is 5.60 Å². The average Bonchev–Trinajstić information content (AvgIpc) is 3.24. The van der Waals surface area contributed by atoms with Crippen molar-refractivity contribution in [3.63, 3.8) is 0 Å². The molecule has 0 unspecified atom stereocenters. The van der Waals surface area contributed by atoms with Crippen molar-refractivity contribution in [2.45, 2.75) is 18.6 Å². The van der Waals surface area contributed by atoms with Crippen LogP contribution in [0, 0.1) is 11.3 Å². The van der Waals surface area contributed by atoms with Gasteiger partial charge in [-0.25, -0.2) is 4.98 Å². The molecular formula is C20H21N5O. The van der Waals surface area contributed by atoms with E-state index in [-0.39, 0.29) is 6.54 Å². The number of benzene rings is 2. The second-order valence-corrected chi connectivity index (χ2v) is 6.90. The number of nitrogens with two attached hydrogens (primary N) is 1. The van der Waals surface area contributed by atoms with Gasteiger partial charge in [0.1, 0.15) is 0 Å². The standard InChI is InChI=1S/C20H21N5O/c21-11-15-5-7-16(8-6-15)12-25-18-4-2-1-3-17(18)23-19(25)24-10-9-20(26,13-22)14-24/h1-8,26H,9-10,12-14,22H2/t20-/m0/s1. The van der Waals surface area contributed by atoms with E-state index in [1.165, 1.54) is 0 Å². The molecule has 1 fully saturated rings. The molecule has 3 aromatic rings. The van der Waals surface area contributed by atoms with Gasteiger partial charge in [-0.05, 0) is 36.2 Å². The Morgan fingerprint density at radius 1 is 1.19 bits per heavy atom. The molecule has 0 saturated carbocycles. The maximum absolute atomic E-state index is 10.5. The number of hydrogen-bond donors (Lipinski definition) is 2. The molecule has 0 aliphatic carbocycles. The van der Waals surface area contributed by atoms with E-state index >= 15 is 0 Å². The van der Waals surface area contributed by atoms with Crippen molar-refractivity contribution in [1.29, 1.82) is 5.26 Å². The number of imidazole rings is 1. The first-order valence-electron chi connectivity index (χ1n) is 8.74. The van der Waals surface area contributed by atoms with E-state index in [4.69, 9.17) is 16.0 Å². The lowest BCUT2D eigenvalue weighted by Gasteiger charge is -2.23. The fraction of sp³-hybridized carbons (Fsp3) is 0.300. The largest absolute Gasteiger partial charge is 0.387 e. The second-order valence-electron chi connectivity index (χ2n) is 6.90. The zero-order valence-corrected chi connectivity index (χ0v) is 14.5. The lowest BCUT2D eigenvalue weighted by atomic mass is 10.0. The normalized spacial score (nSPS) is 19.8. The molecule has 132 valence electrons. The minimum atomic E-state index is -0.850. The van der Waals surface area contributed by atoms with Gasteiger partial charge in [0, 0.05) is 13.1 Å². The van der Waals surface area contributed by atoms with Gasteiger partial charge in [-0.15, -0.1) is 0 Å². The summed E-state index contributed by atoms with van der Waals surface area (Å²) < 4.78 is 2.17. The van der Waals surface area contributed by atoms with Gasteiger partial charge in [-0.3, -0.25) is 0 Å². The summed E-state index contributed by atoms with van der Waals surface area (Å²) >= 11 is 0. The van der Waals surface area contributed by atoms with Crippen molar-refractivity contribution in [2.75, 3.05) is 24.5 Å². The first-order valence-corrected chi connectivity index (χ1v) is 8.74. The van der Waals surface area contributed by atoms with Crippen molar-refractivity contribution in [1.82, 2.24) is 9.55 Å². The minimum absolute atomic E-state index is 0.249. The molecule has 3 N–H and O–H groups in total. The third-order valence-corrected chi connectivity index (χ3v) is 5.05. The number of anilines is 1. The van der Waals surface area contributed by atoms with Gasteiger partial charge in [0.25, 0.3) is 0 Å². The Morgan fingerprint density at radius 3 is 2.65 bits per heavy atom. The Hall–Kier alpha value is -2.88. The Morgan fingerprint density at radius 2 is 1.96 bits per heavy atom. The summed E-state index contributed by atoms with van der Waals surface area (Å²) in [5.41, 5.74) is 8.62. The van der Waals surface area contributed by atoms with Crippen LogP contribution in [0.15, 0.2) is 48.5 Å². The van der Waals surface area contributed by atoms with Crippen LogP contribution >= 0.6 is 0 Å². The lowest BCUT2D eigenvalue weighted by molar-refractivity contribution is 0.0724. The first-order chi connectivity index (χ1) is 12.6. The first kappa shape index (κ1) is 16.6. The molecule has 2 aromatic carbocycles. The number of para-hydroxylation sites is 2. The van der Waals surface area contributed by atoms with Gasteiger partial charge in [0.2, 0.25) is 5.95 Å². The van der Waals surface area contributed by atoms with Gasteiger partial charge >= 0.3 is 0 Å². The van der Waals surface area contributed by atoms with Gasteiger partial charge in [-0.2, -0.15) is 5.26 Å². The van der Waals surface area contributed by atoms with Crippen LogP contribution in [0.5, 0.6) is 0 Å². The average molecular weight is 347 g/mol. The number of aromatic nitrogens is 2. The number of hydrogen-bond acceptors (Lipinski definition) is 5. The Labute approximate surface area is 152 Å².